The van der Waals surface area contributed by atoms with Crippen LogP contribution in [0.15, 0.2) is 17.1 Å². The Morgan fingerprint density at radius 1 is 0.884 bits per heavy atom. The lowest BCUT2D eigenvalue weighted by molar-refractivity contribution is -0.693. The lowest BCUT2D eigenvalue weighted by Gasteiger charge is -2.30. The molecular weight excluding hydrogens is 587 g/mol. The number of ether oxygens (including phenoxy) is 2. The highest BCUT2D eigenvalue weighted by Gasteiger charge is 2.49. The summed E-state index contributed by atoms with van der Waals surface area (Å²) >= 11 is 1.53. The Morgan fingerprint density at radius 2 is 1.44 bits per heavy atom. The number of hydrogen-bond donors (Lipinski definition) is 1. The summed E-state index contributed by atoms with van der Waals surface area (Å²) in [4.78, 5) is 24.6. The first-order chi connectivity index (χ1) is 21.0. The Morgan fingerprint density at radius 3 is 2.00 bits per heavy atom. The molecule has 0 aliphatic carbocycles. The van der Waals surface area contributed by atoms with Gasteiger partial charge in [0.1, 0.15) is 6.61 Å². The Kier molecular flexibility index (Phi) is 18.4. The number of carbonyl (C=O) groups is 1. The normalized spacial score (nSPS) is 22.6. The van der Waals surface area contributed by atoms with E-state index in [4.69, 9.17) is 18.5 Å². The third-order valence-corrected chi connectivity index (χ3v) is 10.5. The van der Waals surface area contributed by atoms with Gasteiger partial charge in [0, 0.05) is 18.4 Å². The summed E-state index contributed by atoms with van der Waals surface area (Å²) in [5.74, 6) is -0.231. The van der Waals surface area contributed by atoms with E-state index >= 15 is 0 Å². The zero-order chi connectivity index (χ0) is 30.6. The number of aromatic nitrogens is 1. The van der Waals surface area contributed by atoms with Crippen LogP contribution in [-0.4, -0.2) is 44.7 Å². The van der Waals surface area contributed by atoms with Crippen molar-refractivity contribution >= 4 is 25.3 Å². The molecule has 3 rings (SSSR count). The summed E-state index contributed by atoms with van der Waals surface area (Å²) in [7, 11) is -4.43. The van der Waals surface area contributed by atoms with Gasteiger partial charge >= 0.3 is 6.09 Å². The summed E-state index contributed by atoms with van der Waals surface area (Å²) in [6.45, 7) is 3.50. The summed E-state index contributed by atoms with van der Waals surface area (Å²) in [5.41, 5.74) is 1.88. The third-order valence-electron chi connectivity index (χ3n) is 8.85. The minimum absolute atomic E-state index is 0.0154. The molecule has 1 aromatic heterocycles. The molecule has 2 aliphatic heterocycles. The van der Waals surface area contributed by atoms with Crippen molar-refractivity contribution in [2.75, 3.05) is 26.4 Å². The molecule has 2 saturated heterocycles. The summed E-state index contributed by atoms with van der Waals surface area (Å²) in [6, 6.07) is 0. The number of nitrogens with zero attached hydrogens (tertiary/aromatic N) is 1. The van der Waals surface area contributed by atoms with Gasteiger partial charge in [0.05, 0.1) is 30.8 Å². The van der Waals surface area contributed by atoms with Gasteiger partial charge in [0.15, 0.2) is 12.7 Å². The molecule has 3 heterocycles. The van der Waals surface area contributed by atoms with Gasteiger partial charge < -0.3 is 28.7 Å². The van der Waals surface area contributed by atoms with Crippen LogP contribution in [-0.2, 0) is 29.6 Å². The quantitative estimate of drug-likeness (QED) is 0.0639. The van der Waals surface area contributed by atoms with E-state index in [-0.39, 0.29) is 43.9 Å². The maximum atomic E-state index is 12.3. The van der Waals surface area contributed by atoms with Crippen LogP contribution in [0.1, 0.15) is 122 Å². The molecule has 11 heteroatoms. The van der Waals surface area contributed by atoms with Crippen molar-refractivity contribution in [1.29, 1.82) is 0 Å². The van der Waals surface area contributed by atoms with Crippen LogP contribution in [0, 0.1) is 11.8 Å². The molecule has 0 radical (unpaired) electrons. The van der Waals surface area contributed by atoms with E-state index < -0.39 is 13.9 Å². The maximum Gasteiger partial charge on any atom is 0.407 e. The molecule has 2 aliphatic rings. The third kappa shape index (κ3) is 15.2. The fourth-order valence-corrected chi connectivity index (χ4v) is 7.64. The number of amides is 1. The van der Waals surface area contributed by atoms with E-state index in [9.17, 15) is 14.3 Å². The van der Waals surface area contributed by atoms with Gasteiger partial charge in [0.2, 0.25) is 5.51 Å². The maximum absolute atomic E-state index is 12.3. The first-order valence-corrected chi connectivity index (χ1v) is 19.5. The Balaban J connectivity index is 1.15. The standard InChI is InChI=1S/C32H57N2O7PS/c1-2-3-4-5-6-7-8-9-10-11-12-13-14-15-16-17-20-33-32(35)38-25-28-29(31-19-18-30(28)41-31)26-40-42(36,37)39-23-21-34-22-24-43-27-34/h22,24,27-31H,2-21,23,25-26H2,1H3,(H-,33,35,36,37)/t28-,29-,30-,31+/m1/s1. The number of hydrogen-bond acceptors (Lipinski definition) is 8. The molecule has 0 aromatic carbocycles. The molecule has 43 heavy (non-hydrogen) atoms. The molecule has 248 valence electrons. The van der Waals surface area contributed by atoms with Gasteiger partial charge in [-0.1, -0.05) is 115 Å². The zero-order valence-corrected chi connectivity index (χ0v) is 28.2. The number of unbranched alkanes of at least 4 members (excludes halogenated alkanes) is 15. The van der Waals surface area contributed by atoms with Crippen LogP contribution in [0.5, 0.6) is 0 Å². The summed E-state index contributed by atoms with van der Waals surface area (Å²) in [6.07, 6.45) is 24.2. The fraction of sp³-hybridized carbons (Fsp3) is 0.875. The second kappa shape index (κ2) is 21.7. The highest BCUT2D eigenvalue weighted by atomic mass is 32.1. The number of phosphoric acid groups is 1. The van der Waals surface area contributed by atoms with E-state index in [0.29, 0.717) is 13.1 Å². The Hall–Kier alpha value is -1.03. The van der Waals surface area contributed by atoms with E-state index in [1.54, 1.807) is 0 Å². The molecule has 0 saturated carbocycles. The number of rotatable bonds is 26. The lowest BCUT2D eigenvalue weighted by Crippen LogP contribution is -2.36. The lowest BCUT2D eigenvalue weighted by atomic mass is 9.80. The first-order valence-electron chi connectivity index (χ1n) is 17.1. The highest BCUT2D eigenvalue weighted by molar-refractivity contribution is 7.45. The van der Waals surface area contributed by atoms with Crippen LogP contribution in [0.25, 0.3) is 0 Å². The van der Waals surface area contributed by atoms with Gasteiger partial charge in [-0.15, -0.1) is 0 Å². The number of thiazole rings is 1. The van der Waals surface area contributed by atoms with E-state index in [0.717, 1.165) is 25.7 Å². The average molecular weight is 645 g/mol. The monoisotopic (exact) mass is 644 g/mol. The van der Waals surface area contributed by atoms with Gasteiger partial charge in [0.25, 0.3) is 7.82 Å². The van der Waals surface area contributed by atoms with Crippen LogP contribution < -0.4 is 14.8 Å². The smallest absolute Gasteiger partial charge is 0.407 e. The van der Waals surface area contributed by atoms with Crippen LogP contribution in [0.2, 0.25) is 0 Å². The van der Waals surface area contributed by atoms with Gasteiger partial charge in [-0.05, 0) is 19.3 Å². The second-order valence-electron chi connectivity index (χ2n) is 12.3. The number of phosphoric ester groups is 1. The Labute approximate surface area is 264 Å². The van der Waals surface area contributed by atoms with Crippen molar-refractivity contribution in [1.82, 2.24) is 5.32 Å². The fourth-order valence-electron chi connectivity index (χ4n) is 6.28. The largest absolute Gasteiger partial charge is 0.756 e. The molecule has 2 bridgehead atoms. The van der Waals surface area contributed by atoms with Crippen LogP contribution >= 0.6 is 19.2 Å². The predicted molar refractivity (Wildman–Crippen MR) is 168 cm³/mol. The summed E-state index contributed by atoms with van der Waals surface area (Å²) < 4.78 is 35.9. The number of fused-ring (bicyclic) bond motifs is 2. The topological polar surface area (TPSA) is 110 Å². The van der Waals surface area contributed by atoms with Crippen molar-refractivity contribution < 1.29 is 37.3 Å². The van der Waals surface area contributed by atoms with Crippen molar-refractivity contribution in [3.05, 3.63) is 17.1 Å². The molecule has 5 atom stereocenters. The SMILES string of the molecule is CCCCCCCCCCCCCCCCCCNC(=O)OC[C@@H]1[C@@H](COP(=O)([O-])OCC[n+]2ccsc2)[C@@H]2CC[C@H]1O2. The zero-order valence-electron chi connectivity index (χ0n) is 26.5. The van der Waals surface area contributed by atoms with Gasteiger partial charge in [-0.25, -0.2) is 4.79 Å². The molecule has 9 nitrogen and oxygen atoms in total. The van der Waals surface area contributed by atoms with E-state index in [2.05, 4.69) is 12.2 Å². The molecule has 1 aromatic rings. The molecule has 1 amide bonds. The van der Waals surface area contributed by atoms with Crippen molar-refractivity contribution in [2.45, 2.75) is 141 Å². The van der Waals surface area contributed by atoms with E-state index in [1.165, 1.54) is 101 Å². The predicted octanol–water partition coefficient (Wildman–Crippen LogP) is 7.32. The van der Waals surface area contributed by atoms with E-state index in [1.807, 2.05) is 21.7 Å². The molecular formula is C32H57N2O7PS. The van der Waals surface area contributed by atoms with Crippen LogP contribution in [0.3, 0.4) is 0 Å². The minimum Gasteiger partial charge on any atom is -0.756 e. The van der Waals surface area contributed by atoms with Crippen molar-refractivity contribution in [2.24, 2.45) is 11.8 Å². The molecule has 0 spiro atoms. The molecule has 1 unspecified atom stereocenters. The first kappa shape index (κ1) is 36.4. The summed E-state index contributed by atoms with van der Waals surface area (Å²) in [5, 5.41) is 4.77. The van der Waals surface area contributed by atoms with Crippen molar-refractivity contribution in [3.8, 4) is 0 Å². The second-order valence-corrected chi connectivity index (χ2v) is 14.5. The average Bonchev–Trinajstić information content (AvgIpc) is 3.75. The Bertz CT molecular complexity index is 906. The number of nitrogens with one attached hydrogen (secondary N) is 1. The minimum atomic E-state index is -4.43. The van der Waals surface area contributed by atoms with Crippen molar-refractivity contribution in [3.63, 3.8) is 0 Å². The van der Waals surface area contributed by atoms with Gasteiger partial charge in [-0.2, -0.15) is 4.57 Å². The molecule has 2 fully saturated rings. The number of alkyl carbamates (subject to hydrolysis) is 1. The molecule has 1 N–H and O–H groups in total. The highest BCUT2D eigenvalue weighted by Crippen LogP contribution is 2.46. The number of carbonyl (C=O) groups excluding carboxylic acids is 1. The van der Waals surface area contributed by atoms with Gasteiger partial charge in [-0.3, -0.25) is 4.57 Å². The van der Waals surface area contributed by atoms with Crippen LogP contribution in [0.4, 0.5) is 4.79 Å².